The molecule has 0 atom stereocenters. The average Bonchev–Trinajstić information content (AvgIpc) is 2.73. The number of rotatable bonds is 3. The van der Waals surface area contributed by atoms with Crippen LogP contribution in [0.25, 0.3) is 0 Å². The van der Waals surface area contributed by atoms with E-state index in [4.69, 9.17) is 9.52 Å². The van der Waals surface area contributed by atoms with E-state index in [0.29, 0.717) is 4.47 Å². The molecule has 2 aromatic heterocycles. The molecule has 0 spiro atoms. The third-order valence-corrected chi connectivity index (χ3v) is 2.69. The van der Waals surface area contributed by atoms with E-state index < -0.39 is 5.97 Å². The van der Waals surface area contributed by atoms with E-state index in [2.05, 4.69) is 20.9 Å². The normalized spacial score (nSPS) is 10.4. The average molecular weight is 299 g/mol. The van der Waals surface area contributed by atoms with Crippen molar-refractivity contribution in [3.63, 3.8) is 0 Å². The molecule has 7 heteroatoms. The van der Waals surface area contributed by atoms with Crippen LogP contribution in [-0.2, 0) is 6.54 Å². The quantitative estimate of drug-likeness (QED) is 0.924. The van der Waals surface area contributed by atoms with Gasteiger partial charge in [0.25, 0.3) is 5.56 Å². The lowest BCUT2D eigenvalue weighted by molar-refractivity contribution is 0.0694. The van der Waals surface area contributed by atoms with Crippen molar-refractivity contribution in [1.29, 1.82) is 0 Å². The number of carbonyl (C=O) groups is 1. The minimum atomic E-state index is -1.09. The Kier molecular flexibility index (Phi) is 3.10. The van der Waals surface area contributed by atoms with Gasteiger partial charge >= 0.3 is 5.97 Å². The Morgan fingerprint density at radius 2 is 2.35 bits per heavy atom. The number of furan rings is 1. The molecule has 88 valence electrons. The van der Waals surface area contributed by atoms with Gasteiger partial charge in [-0.1, -0.05) is 0 Å². The molecule has 6 nitrogen and oxygen atoms in total. The third-order valence-electron chi connectivity index (χ3n) is 2.15. The van der Waals surface area contributed by atoms with Crippen molar-refractivity contribution in [1.82, 2.24) is 9.55 Å². The summed E-state index contributed by atoms with van der Waals surface area (Å²) >= 11 is 3.05. The zero-order valence-corrected chi connectivity index (χ0v) is 10.0. The number of aromatic carboxylic acids is 1. The molecule has 2 rings (SSSR count). The second-order valence-electron chi connectivity index (χ2n) is 3.24. The van der Waals surface area contributed by atoms with Crippen LogP contribution < -0.4 is 5.56 Å². The summed E-state index contributed by atoms with van der Waals surface area (Å²) in [6.45, 7) is 0.0277. The molecule has 0 saturated heterocycles. The maximum atomic E-state index is 11.7. The fourth-order valence-corrected chi connectivity index (χ4v) is 1.69. The molecule has 0 unspecified atom stereocenters. The zero-order chi connectivity index (χ0) is 12.4. The first-order valence-corrected chi connectivity index (χ1v) is 5.38. The van der Waals surface area contributed by atoms with Crippen molar-refractivity contribution >= 4 is 21.9 Å². The van der Waals surface area contributed by atoms with Crippen LogP contribution >= 0.6 is 15.9 Å². The van der Waals surface area contributed by atoms with Gasteiger partial charge in [-0.25, -0.2) is 9.78 Å². The molecule has 0 saturated carbocycles. The van der Waals surface area contributed by atoms with Crippen LogP contribution in [0.3, 0.4) is 0 Å². The Labute approximate surface area is 104 Å². The van der Waals surface area contributed by atoms with Gasteiger partial charge in [-0.15, -0.1) is 0 Å². The Bertz CT molecular complexity index is 617. The maximum Gasteiger partial charge on any atom is 0.339 e. The Balaban J connectivity index is 2.38. The number of hydrogen-bond donors (Lipinski definition) is 1. The molecule has 0 aliphatic rings. The summed E-state index contributed by atoms with van der Waals surface area (Å²) in [5.74, 6) is -0.885. The van der Waals surface area contributed by atoms with Gasteiger partial charge in [0.15, 0.2) is 0 Å². The van der Waals surface area contributed by atoms with Gasteiger partial charge < -0.3 is 9.52 Å². The highest BCUT2D eigenvalue weighted by molar-refractivity contribution is 9.10. The Hall–Kier alpha value is -1.89. The first-order valence-electron chi connectivity index (χ1n) is 4.59. The van der Waals surface area contributed by atoms with Crippen molar-refractivity contribution in [2.75, 3.05) is 0 Å². The van der Waals surface area contributed by atoms with Crippen LogP contribution in [0.4, 0.5) is 0 Å². The highest BCUT2D eigenvalue weighted by atomic mass is 79.9. The summed E-state index contributed by atoms with van der Waals surface area (Å²) in [5.41, 5.74) is -0.260. The van der Waals surface area contributed by atoms with Crippen LogP contribution in [0.2, 0.25) is 0 Å². The molecule has 0 aromatic carbocycles. The molecule has 0 bridgehead atoms. The van der Waals surface area contributed by atoms with E-state index in [0.717, 1.165) is 0 Å². The second-order valence-corrected chi connectivity index (χ2v) is 4.09. The summed E-state index contributed by atoms with van der Waals surface area (Å²) in [7, 11) is 0. The van der Waals surface area contributed by atoms with Crippen LogP contribution in [0.15, 0.2) is 38.5 Å². The van der Waals surface area contributed by atoms with Crippen LogP contribution in [0.1, 0.15) is 16.1 Å². The molecule has 0 radical (unpaired) electrons. The van der Waals surface area contributed by atoms with E-state index in [-0.39, 0.29) is 23.4 Å². The van der Waals surface area contributed by atoms with Crippen LogP contribution in [0, 0.1) is 0 Å². The SMILES string of the molecule is O=C(O)c1ccoc1Cn1cncc(Br)c1=O. The van der Waals surface area contributed by atoms with Gasteiger partial charge in [0, 0.05) is 6.20 Å². The van der Waals surface area contributed by atoms with Gasteiger partial charge in [0.1, 0.15) is 15.8 Å². The topological polar surface area (TPSA) is 85.3 Å². The third kappa shape index (κ3) is 2.28. The number of aromatic nitrogens is 2. The predicted molar refractivity (Wildman–Crippen MR) is 61.0 cm³/mol. The first-order chi connectivity index (χ1) is 8.09. The Morgan fingerprint density at radius 3 is 3.06 bits per heavy atom. The second kappa shape index (κ2) is 4.54. The smallest absolute Gasteiger partial charge is 0.339 e. The van der Waals surface area contributed by atoms with Gasteiger partial charge in [-0.2, -0.15) is 0 Å². The number of hydrogen-bond acceptors (Lipinski definition) is 4. The fraction of sp³-hybridized carbons (Fsp3) is 0.100. The molecule has 0 amide bonds. The van der Waals surface area contributed by atoms with Crippen LogP contribution in [-0.4, -0.2) is 20.6 Å². The van der Waals surface area contributed by atoms with Crippen molar-refractivity contribution in [2.45, 2.75) is 6.54 Å². The summed E-state index contributed by atoms with van der Waals surface area (Å²) in [4.78, 5) is 26.3. The van der Waals surface area contributed by atoms with E-state index in [1.807, 2.05) is 0 Å². The molecule has 17 heavy (non-hydrogen) atoms. The van der Waals surface area contributed by atoms with E-state index >= 15 is 0 Å². The summed E-state index contributed by atoms with van der Waals surface area (Å²) in [6, 6.07) is 1.34. The maximum absolute atomic E-state index is 11.7. The molecule has 0 aliphatic heterocycles. The van der Waals surface area contributed by atoms with E-state index in [1.54, 1.807) is 0 Å². The number of carboxylic acid groups (broad SMARTS) is 1. The number of halogens is 1. The molecule has 1 N–H and O–H groups in total. The molecule has 2 aromatic rings. The summed E-state index contributed by atoms with van der Waals surface area (Å²) < 4.78 is 6.61. The monoisotopic (exact) mass is 298 g/mol. The molecule has 0 fully saturated rings. The van der Waals surface area contributed by atoms with Crippen LogP contribution in [0.5, 0.6) is 0 Å². The van der Waals surface area contributed by atoms with E-state index in [1.165, 1.54) is 29.4 Å². The molecule has 0 aliphatic carbocycles. The lowest BCUT2D eigenvalue weighted by Crippen LogP contribution is -2.21. The highest BCUT2D eigenvalue weighted by Gasteiger charge is 2.14. The van der Waals surface area contributed by atoms with Gasteiger partial charge in [0.2, 0.25) is 0 Å². The van der Waals surface area contributed by atoms with Crippen molar-refractivity contribution in [2.24, 2.45) is 0 Å². The van der Waals surface area contributed by atoms with Crippen molar-refractivity contribution in [3.8, 4) is 0 Å². The predicted octanol–water partition coefficient (Wildman–Crippen LogP) is 1.35. The molecule has 2 heterocycles. The van der Waals surface area contributed by atoms with E-state index in [9.17, 15) is 9.59 Å². The largest absolute Gasteiger partial charge is 0.478 e. The first kappa shape index (κ1) is 11.6. The molecular formula is C10H7BrN2O4. The molecular weight excluding hydrogens is 292 g/mol. The summed E-state index contributed by atoms with van der Waals surface area (Å²) in [6.07, 6.45) is 3.97. The minimum Gasteiger partial charge on any atom is -0.478 e. The Morgan fingerprint density at radius 1 is 1.59 bits per heavy atom. The number of carboxylic acids is 1. The number of nitrogens with zero attached hydrogens (tertiary/aromatic N) is 2. The lowest BCUT2D eigenvalue weighted by Gasteiger charge is -2.03. The van der Waals surface area contributed by atoms with Crippen molar-refractivity contribution in [3.05, 3.63) is 51.0 Å². The fourth-order valence-electron chi connectivity index (χ4n) is 1.35. The zero-order valence-electron chi connectivity index (χ0n) is 8.46. The van der Waals surface area contributed by atoms with Gasteiger partial charge in [0.05, 0.1) is 19.1 Å². The highest BCUT2D eigenvalue weighted by Crippen LogP contribution is 2.11. The standard InChI is InChI=1S/C10H7BrN2O4/c11-7-3-12-5-13(9(7)14)4-8-6(10(15)16)1-2-17-8/h1-3,5H,4H2,(H,15,16). The minimum absolute atomic E-state index is 0.0277. The van der Waals surface area contributed by atoms with Gasteiger partial charge in [-0.05, 0) is 22.0 Å². The lowest BCUT2D eigenvalue weighted by atomic mass is 10.2. The van der Waals surface area contributed by atoms with Gasteiger partial charge in [-0.3, -0.25) is 9.36 Å². The summed E-state index contributed by atoms with van der Waals surface area (Å²) in [5, 5.41) is 8.88. The van der Waals surface area contributed by atoms with Crippen molar-refractivity contribution < 1.29 is 14.3 Å².